The van der Waals surface area contributed by atoms with Gasteiger partial charge in [0.05, 0.1) is 12.5 Å². The first-order valence-corrected chi connectivity index (χ1v) is 12.1. The Balaban J connectivity index is 1.50. The number of hydrogen-bond donors (Lipinski definition) is 2. The second-order valence-electron chi connectivity index (χ2n) is 12.1. The monoisotopic (exact) mass is 484 g/mol. The van der Waals surface area contributed by atoms with Crippen LogP contribution in [-0.2, 0) is 19.2 Å². The van der Waals surface area contributed by atoms with Gasteiger partial charge >= 0.3 is 0 Å². The van der Waals surface area contributed by atoms with E-state index in [1.54, 1.807) is 4.90 Å². The Kier molecular flexibility index (Phi) is 5.74. The lowest BCUT2D eigenvalue weighted by molar-refractivity contribution is -0.149. The average Bonchev–Trinajstić information content (AvgIpc) is 3.39. The zero-order chi connectivity index (χ0) is 24.5. The maximum Gasteiger partial charge on any atom is 0.291 e. The van der Waals surface area contributed by atoms with Gasteiger partial charge in [-0.2, -0.15) is 0 Å². The SMILES string of the molecule is CC(C)(C)CC(=O)N1C[C@H]2[C@@H]([C@H]1C(=O)NN(C[C@@H]1CC3(CC3)NC1=O)C(=O)[C@@H](F)Cl)C2(C)C. The number of carbonyl (C=O) groups is 4. The van der Waals surface area contributed by atoms with Gasteiger partial charge in [-0.25, -0.2) is 9.40 Å². The van der Waals surface area contributed by atoms with E-state index in [1.165, 1.54) is 0 Å². The summed E-state index contributed by atoms with van der Waals surface area (Å²) in [6.07, 6.45) is 2.57. The molecule has 10 heteroatoms. The molecule has 4 fully saturated rings. The van der Waals surface area contributed by atoms with Crippen molar-refractivity contribution in [1.29, 1.82) is 0 Å². The van der Waals surface area contributed by atoms with Crippen LogP contribution in [0.2, 0.25) is 0 Å². The molecule has 2 N–H and O–H groups in total. The summed E-state index contributed by atoms with van der Waals surface area (Å²) < 4.78 is 13.8. The third kappa shape index (κ3) is 4.57. The van der Waals surface area contributed by atoms with E-state index in [1.807, 2.05) is 20.8 Å². The van der Waals surface area contributed by atoms with Crippen LogP contribution in [0.1, 0.15) is 60.3 Å². The Morgan fingerprint density at radius 1 is 1.30 bits per heavy atom. The second kappa shape index (κ2) is 7.82. The quantitative estimate of drug-likeness (QED) is 0.460. The molecule has 2 aliphatic heterocycles. The number of halogens is 2. The first-order chi connectivity index (χ1) is 15.2. The molecule has 2 saturated heterocycles. The summed E-state index contributed by atoms with van der Waals surface area (Å²) in [6.45, 7) is 10.3. The molecule has 184 valence electrons. The van der Waals surface area contributed by atoms with E-state index in [0.717, 1.165) is 17.9 Å². The summed E-state index contributed by atoms with van der Waals surface area (Å²) in [5, 5.41) is 3.77. The molecule has 2 saturated carbocycles. The first-order valence-electron chi connectivity index (χ1n) is 11.7. The minimum Gasteiger partial charge on any atom is -0.350 e. The maximum atomic E-state index is 13.8. The molecule has 5 atom stereocenters. The number of nitrogens with zero attached hydrogens (tertiary/aromatic N) is 2. The van der Waals surface area contributed by atoms with Gasteiger partial charge in [-0.1, -0.05) is 46.2 Å². The first kappa shape index (κ1) is 24.2. The number of amides is 4. The van der Waals surface area contributed by atoms with Crippen molar-refractivity contribution < 1.29 is 23.6 Å². The number of fused-ring (bicyclic) bond motifs is 1. The van der Waals surface area contributed by atoms with Crippen LogP contribution in [0.4, 0.5) is 4.39 Å². The van der Waals surface area contributed by atoms with Gasteiger partial charge in [0.1, 0.15) is 6.04 Å². The van der Waals surface area contributed by atoms with Gasteiger partial charge < -0.3 is 10.2 Å². The number of likely N-dealkylation sites (tertiary alicyclic amines) is 1. The predicted molar refractivity (Wildman–Crippen MR) is 119 cm³/mol. The van der Waals surface area contributed by atoms with Gasteiger partial charge in [0.25, 0.3) is 17.4 Å². The third-order valence-electron chi connectivity index (χ3n) is 7.83. The molecular formula is C23H34ClFN4O4. The molecule has 33 heavy (non-hydrogen) atoms. The number of hydrazine groups is 1. The molecule has 8 nitrogen and oxygen atoms in total. The van der Waals surface area contributed by atoms with Crippen molar-refractivity contribution in [2.24, 2.45) is 28.6 Å². The number of rotatable bonds is 5. The fourth-order valence-electron chi connectivity index (χ4n) is 5.73. The van der Waals surface area contributed by atoms with Crippen LogP contribution >= 0.6 is 11.6 Å². The van der Waals surface area contributed by atoms with E-state index in [0.29, 0.717) is 13.0 Å². The Morgan fingerprint density at radius 3 is 2.45 bits per heavy atom. The average molecular weight is 485 g/mol. The van der Waals surface area contributed by atoms with Crippen LogP contribution < -0.4 is 10.7 Å². The maximum absolute atomic E-state index is 13.8. The summed E-state index contributed by atoms with van der Waals surface area (Å²) >= 11 is 5.42. The van der Waals surface area contributed by atoms with Crippen LogP contribution in [0.25, 0.3) is 0 Å². The highest BCUT2D eigenvalue weighted by atomic mass is 35.5. The zero-order valence-electron chi connectivity index (χ0n) is 19.9. The van der Waals surface area contributed by atoms with Crippen LogP contribution in [0.5, 0.6) is 0 Å². The van der Waals surface area contributed by atoms with Crippen molar-refractivity contribution in [3.8, 4) is 0 Å². The summed E-state index contributed by atoms with van der Waals surface area (Å²) in [6, 6.07) is -0.754. The summed E-state index contributed by atoms with van der Waals surface area (Å²) in [7, 11) is 0. The molecule has 4 rings (SSSR count). The summed E-state index contributed by atoms with van der Waals surface area (Å²) in [5.74, 6) is -2.39. The van der Waals surface area contributed by atoms with Gasteiger partial charge in [0.15, 0.2) is 0 Å². The zero-order valence-corrected chi connectivity index (χ0v) is 20.7. The normalized spacial score (nSPS) is 31.6. The molecule has 2 heterocycles. The Hall–Kier alpha value is -1.90. The predicted octanol–water partition coefficient (Wildman–Crippen LogP) is 1.97. The van der Waals surface area contributed by atoms with Crippen LogP contribution in [0.3, 0.4) is 0 Å². The Morgan fingerprint density at radius 2 is 1.94 bits per heavy atom. The van der Waals surface area contributed by atoms with Crippen molar-refractivity contribution in [3.05, 3.63) is 0 Å². The third-order valence-corrected chi connectivity index (χ3v) is 8.02. The van der Waals surface area contributed by atoms with E-state index in [9.17, 15) is 23.6 Å². The Bertz CT molecular complexity index is 882. The number of nitrogens with one attached hydrogen (secondary N) is 2. The van der Waals surface area contributed by atoms with E-state index >= 15 is 0 Å². The summed E-state index contributed by atoms with van der Waals surface area (Å²) in [4.78, 5) is 52.9. The number of carbonyl (C=O) groups excluding carboxylic acids is 4. The van der Waals surface area contributed by atoms with Crippen molar-refractivity contribution in [1.82, 2.24) is 20.7 Å². The molecule has 0 aromatic heterocycles. The number of alkyl halides is 2. The molecule has 0 bridgehead atoms. The highest BCUT2D eigenvalue weighted by molar-refractivity contribution is 6.29. The molecule has 4 aliphatic rings. The van der Waals surface area contributed by atoms with E-state index in [2.05, 4.69) is 24.6 Å². The van der Waals surface area contributed by atoms with Gasteiger partial charge in [0.2, 0.25) is 11.8 Å². The molecule has 2 aliphatic carbocycles. The van der Waals surface area contributed by atoms with E-state index < -0.39 is 29.4 Å². The van der Waals surface area contributed by atoms with Gasteiger partial charge in [-0.3, -0.25) is 24.6 Å². The van der Waals surface area contributed by atoms with Crippen LogP contribution in [-0.4, -0.2) is 63.8 Å². The number of piperidine rings is 1. The van der Waals surface area contributed by atoms with Gasteiger partial charge in [0, 0.05) is 18.5 Å². The Labute approximate surface area is 198 Å². The van der Waals surface area contributed by atoms with Gasteiger partial charge in [-0.05, 0) is 41.9 Å². The van der Waals surface area contributed by atoms with Crippen molar-refractivity contribution >= 4 is 35.2 Å². The van der Waals surface area contributed by atoms with Crippen LogP contribution in [0.15, 0.2) is 0 Å². The minimum absolute atomic E-state index is 0.0416. The molecule has 0 aromatic carbocycles. The van der Waals surface area contributed by atoms with Gasteiger partial charge in [-0.15, -0.1) is 0 Å². The lowest BCUT2D eigenvalue weighted by atomic mass is 9.91. The lowest BCUT2D eigenvalue weighted by Gasteiger charge is -2.34. The van der Waals surface area contributed by atoms with Crippen molar-refractivity contribution in [3.63, 3.8) is 0 Å². The highest BCUT2D eigenvalue weighted by Crippen LogP contribution is 2.65. The standard InChI is InChI=1S/C23H34ClFN4O4/c1-21(2,3)9-14(30)28-11-13-15(22(13,4)5)16(28)19(32)27-29(20(33)17(24)25)10-12-8-23(6-7-23)26-18(12)31/h12-13,15-17H,6-11H2,1-5H3,(H,26,31)(H,27,32)/t12-,13-,15-,16-,17+/m0/s1. The molecule has 0 aromatic rings. The largest absolute Gasteiger partial charge is 0.350 e. The topological polar surface area (TPSA) is 98.8 Å². The highest BCUT2D eigenvalue weighted by Gasteiger charge is 2.69. The summed E-state index contributed by atoms with van der Waals surface area (Å²) in [5.41, 5.74) is -0.387. The van der Waals surface area contributed by atoms with Crippen molar-refractivity contribution in [2.45, 2.75) is 77.5 Å². The van der Waals surface area contributed by atoms with E-state index in [4.69, 9.17) is 11.6 Å². The molecule has 0 unspecified atom stereocenters. The smallest absolute Gasteiger partial charge is 0.291 e. The molecule has 4 amide bonds. The fourth-order valence-corrected chi connectivity index (χ4v) is 5.85. The number of hydrogen-bond acceptors (Lipinski definition) is 4. The second-order valence-corrected chi connectivity index (χ2v) is 12.5. The van der Waals surface area contributed by atoms with Crippen molar-refractivity contribution in [2.75, 3.05) is 13.1 Å². The fraction of sp³-hybridized carbons (Fsp3) is 0.826. The molecular weight excluding hydrogens is 451 g/mol. The lowest BCUT2D eigenvalue weighted by Crippen LogP contribution is -2.57. The molecule has 1 spiro atoms. The minimum atomic E-state index is -2.35. The van der Waals surface area contributed by atoms with Crippen LogP contribution in [0, 0.1) is 28.6 Å². The molecule has 0 radical (unpaired) electrons. The van der Waals surface area contributed by atoms with E-state index in [-0.39, 0.29) is 53.0 Å².